The Morgan fingerprint density at radius 3 is 2.30 bits per heavy atom. The zero-order valence-electron chi connectivity index (χ0n) is 12.7. The molecule has 0 saturated heterocycles. The monoisotopic (exact) mass is 298 g/mol. The van der Waals surface area contributed by atoms with Gasteiger partial charge in [-0.25, -0.2) is 0 Å². The number of hydrogen-bond acceptors (Lipinski definition) is 2. The maximum absolute atomic E-state index is 12.3. The predicted octanol–water partition coefficient (Wildman–Crippen LogP) is 2.73. The summed E-state index contributed by atoms with van der Waals surface area (Å²) in [7, 11) is 0. The van der Waals surface area contributed by atoms with Crippen molar-refractivity contribution < 1.29 is 4.79 Å². The molecule has 0 radical (unpaired) electrons. The first-order valence-corrected chi connectivity index (χ1v) is 7.07. The Morgan fingerprint density at radius 2 is 1.80 bits per heavy atom. The largest absolute Gasteiger partial charge is 0.342 e. The van der Waals surface area contributed by atoms with E-state index in [1.165, 1.54) is 5.56 Å². The van der Waals surface area contributed by atoms with E-state index in [1.54, 1.807) is 0 Å². The van der Waals surface area contributed by atoms with E-state index in [0.717, 1.165) is 19.5 Å². The summed E-state index contributed by atoms with van der Waals surface area (Å²) in [6, 6.07) is 10.3. The molecule has 0 aliphatic rings. The van der Waals surface area contributed by atoms with Gasteiger partial charge in [-0.15, -0.1) is 12.4 Å². The van der Waals surface area contributed by atoms with E-state index in [2.05, 4.69) is 26.0 Å². The Hall–Kier alpha value is -1.06. The summed E-state index contributed by atoms with van der Waals surface area (Å²) in [6.45, 7) is 8.16. The topological polar surface area (TPSA) is 46.3 Å². The normalized spacial score (nSPS) is 11.8. The minimum atomic E-state index is -0.0884. The first-order valence-electron chi connectivity index (χ1n) is 7.07. The Balaban J connectivity index is 0.00000361. The number of carbonyl (C=O) groups excluding carboxylic acids is 1. The molecule has 0 saturated carbocycles. The summed E-state index contributed by atoms with van der Waals surface area (Å²) in [5.41, 5.74) is 6.87. The second-order valence-electron chi connectivity index (χ2n) is 5.55. The number of hydrogen-bond donors (Lipinski definition) is 1. The lowest BCUT2D eigenvalue weighted by molar-refractivity contribution is -0.135. The fourth-order valence-corrected chi connectivity index (χ4v) is 2.05. The maximum atomic E-state index is 12.3. The van der Waals surface area contributed by atoms with Gasteiger partial charge in [-0.3, -0.25) is 4.79 Å². The molecule has 0 heterocycles. The highest BCUT2D eigenvalue weighted by molar-refractivity contribution is 5.85. The van der Waals surface area contributed by atoms with Gasteiger partial charge in [0.1, 0.15) is 0 Å². The van der Waals surface area contributed by atoms with Gasteiger partial charge in [0.2, 0.25) is 5.91 Å². The molecule has 0 aliphatic carbocycles. The van der Waals surface area contributed by atoms with E-state index in [-0.39, 0.29) is 24.2 Å². The Labute approximate surface area is 128 Å². The highest BCUT2D eigenvalue weighted by Gasteiger charge is 2.19. The van der Waals surface area contributed by atoms with Gasteiger partial charge in [0, 0.05) is 25.6 Å². The van der Waals surface area contributed by atoms with Crippen LogP contribution >= 0.6 is 12.4 Å². The SMILES string of the molecule is CC(C)CN(CCc1ccccc1)C(=O)C(C)CN.Cl. The number of nitrogens with zero attached hydrogens (tertiary/aromatic N) is 1. The van der Waals surface area contributed by atoms with Crippen LogP contribution in [0.2, 0.25) is 0 Å². The molecular formula is C16H27ClN2O. The summed E-state index contributed by atoms with van der Waals surface area (Å²) in [5, 5.41) is 0. The van der Waals surface area contributed by atoms with Crippen LogP contribution in [-0.2, 0) is 11.2 Å². The highest BCUT2D eigenvalue weighted by Crippen LogP contribution is 2.08. The second kappa shape index (κ2) is 9.78. The maximum Gasteiger partial charge on any atom is 0.226 e. The van der Waals surface area contributed by atoms with Crippen molar-refractivity contribution in [3.8, 4) is 0 Å². The lowest BCUT2D eigenvalue weighted by atomic mass is 10.1. The number of nitrogens with two attached hydrogens (primary N) is 1. The Bertz CT molecular complexity index is 381. The highest BCUT2D eigenvalue weighted by atomic mass is 35.5. The average Bonchev–Trinajstić information content (AvgIpc) is 2.42. The van der Waals surface area contributed by atoms with Gasteiger partial charge in [-0.1, -0.05) is 51.1 Å². The summed E-state index contributed by atoms with van der Waals surface area (Å²) < 4.78 is 0. The molecule has 2 N–H and O–H groups in total. The van der Waals surface area contributed by atoms with E-state index in [1.807, 2.05) is 30.0 Å². The van der Waals surface area contributed by atoms with Crippen LogP contribution in [0, 0.1) is 11.8 Å². The Kier molecular flexibility index (Phi) is 9.26. The average molecular weight is 299 g/mol. The van der Waals surface area contributed by atoms with Gasteiger partial charge >= 0.3 is 0 Å². The first kappa shape index (κ1) is 18.9. The first-order chi connectivity index (χ1) is 9.04. The minimum Gasteiger partial charge on any atom is -0.342 e. The van der Waals surface area contributed by atoms with E-state index < -0.39 is 0 Å². The van der Waals surface area contributed by atoms with Crippen LogP contribution < -0.4 is 5.73 Å². The lowest BCUT2D eigenvalue weighted by Crippen LogP contribution is -2.41. The van der Waals surface area contributed by atoms with E-state index >= 15 is 0 Å². The van der Waals surface area contributed by atoms with Gasteiger partial charge in [-0.2, -0.15) is 0 Å². The van der Waals surface area contributed by atoms with Crippen LogP contribution in [0.25, 0.3) is 0 Å². The van der Waals surface area contributed by atoms with Crippen LogP contribution in [0.1, 0.15) is 26.3 Å². The van der Waals surface area contributed by atoms with Gasteiger partial charge < -0.3 is 10.6 Å². The number of rotatable bonds is 7. The fraction of sp³-hybridized carbons (Fsp3) is 0.562. The van der Waals surface area contributed by atoms with Crippen LogP contribution in [0.5, 0.6) is 0 Å². The molecule has 20 heavy (non-hydrogen) atoms. The van der Waals surface area contributed by atoms with Crippen molar-refractivity contribution in [3.63, 3.8) is 0 Å². The van der Waals surface area contributed by atoms with Crippen LogP contribution in [0.4, 0.5) is 0 Å². The van der Waals surface area contributed by atoms with Crippen molar-refractivity contribution >= 4 is 18.3 Å². The minimum absolute atomic E-state index is 0. The molecule has 0 fully saturated rings. The molecule has 1 aromatic rings. The molecule has 4 heteroatoms. The summed E-state index contributed by atoms with van der Waals surface area (Å²) in [6.07, 6.45) is 0.899. The molecule has 0 bridgehead atoms. The van der Waals surface area contributed by atoms with Crippen molar-refractivity contribution in [1.29, 1.82) is 0 Å². The third kappa shape index (κ3) is 6.40. The van der Waals surface area contributed by atoms with E-state index in [0.29, 0.717) is 12.5 Å². The molecular weight excluding hydrogens is 272 g/mol. The molecule has 1 rings (SSSR count). The number of halogens is 1. The van der Waals surface area contributed by atoms with Gasteiger partial charge in [0.25, 0.3) is 0 Å². The molecule has 1 aromatic carbocycles. The quantitative estimate of drug-likeness (QED) is 0.841. The van der Waals surface area contributed by atoms with Gasteiger partial charge in [0.05, 0.1) is 0 Å². The predicted molar refractivity (Wildman–Crippen MR) is 87.0 cm³/mol. The lowest BCUT2D eigenvalue weighted by Gasteiger charge is -2.27. The van der Waals surface area contributed by atoms with Crippen molar-refractivity contribution in [2.75, 3.05) is 19.6 Å². The van der Waals surface area contributed by atoms with E-state index in [4.69, 9.17) is 5.73 Å². The summed E-state index contributed by atoms with van der Waals surface area (Å²) >= 11 is 0. The third-order valence-corrected chi connectivity index (χ3v) is 3.19. The van der Waals surface area contributed by atoms with Crippen LogP contribution in [-0.4, -0.2) is 30.4 Å². The molecule has 0 aliphatic heterocycles. The molecule has 0 aromatic heterocycles. The molecule has 0 spiro atoms. The molecule has 1 atom stereocenters. The van der Waals surface area contributed by atoms with Gasteiger partial charge in [0.15, 0.2) is 0 Å². The molecule has 1 amide bonds. The number of benzene rings is 1. The van der Waals surface area contributed by atoms with Crippen molar-refractivity contribution in [3.05, 3.63) is 35.9 Å². The second-order valence-corrected chi connectivity index (χ2v) is 5.55. The smallest absolute Gasteiger partial charge is 0.226 e. The summed E-state index contributed by atoms with van der Waals surface area (Å²) in [5.74, 6) is 0.561. The summed E-state index contributed by atoms with van der Waals surface area (Å²) in [4.78, 5) is 14.2. The zero-order valence-corrected chi connectivity index (χ0v) is 13.5. The fourth-order valence-electron chi connectivity index (χ4n) is 2.05. The van der Waals surface area contributed by atoms with Crippen molar-refractivity contribution in [2.45, 2.75) is 27.2 Å². The molecule has 3 nitrogen and oxygen atoms in total. The molecule has 1 unspecified atom stereocenters. The van der Waals surface area contributed by atoms with E-state index in [9.17, 15) is 4.79 Å². The number of amides is 1. The standard InChI is InChI=1S/C16H26N2O.ClH/c1-13(2)12-18(16(19)14(3)11-17)10-9-15-7-5-4-6-8-15;/h4-8,13-14H,9-12,17H2,1-3H3;1H. The number of carbonyl (C=O) groups is 1. The van der Waals surface area contributed by atoms with Crippen LogP contribution in [0.3, 0.4) is 0 Å². The van der Waals surface area contributed by atoms with Crippen molar-refractivity contribution in [2.24, 2.45) is 17.6 Å². The van der Waals surface area contributed by atoms with Crippen molar-refractivity contribution in [1.82, 2.24) is 4.90 Å². The van der Waals surface area contributed by atoms with Crippen LogP contribution in [0.15, 0.2) is 30.3 Å². The zero-order chi connectivity index (χ0) is 14.3. The Morgan fingerprint density at radius 1 is 1.20 bits per heavy atom. The molecule has 114 valence electrons. The third-order valence-electron chi connectivity index (χ3n) is 3.19. The van der Waals surface area contributed by atoms with Gasteiger partial charge in [-0.05, 0) is 17.9 Å².